The van der Waals surface area contributed by atoms with Crippen molar-refractivity contribution in [2.24, 2.45) is 0 Å². The predicted molar refractivity (Wildman–Crippen MR) is 74.0 cm³/mol. The Morgan fingerprint density at radius 1 is 1.05 bits per heavy atom. The summed E-state index contributed by atoms with van der Waals surface area (Å²) in [6.45, 7) is 0.231. The third-order valence-corrected chi connectivity index (χ3v) is 2.98. The molecule has 0 aromatic heterocycles. The van der Waals surface area contributed by atoms with Crippen molar-refractivity contribution < 1.29 is 19.4 Å². The van der Waals surface area contributed by atoms with Crippen LogP contribution in [0.4, 0.5) is 0 Å². The number of fused-ring (bicyclic) bond motifs is 1. The van der Waals surface area contributed by atoms with Gasteiger partial charge in [0.2, 0.25) is 6.79 Å². The molecule has 3 rings (SSSR count). The quantitative estimate of drug-likeness (QED) is 0.686. The number of phenolic OH excluding ortho intramolecular Hbond substituents is 1. The van der Waals surface area contributed by atoms with Gasteiger partial charge in [-0.25, -0.2) is 0 Å². The molecule has 20 heavy (non-hydrogen) atoms. The number of rotatable bonds is 3. The van der Waals surface area contributed by atoms with Gasteiger partial charge < -0.3 is 14.6 Å². The minimum atomic E-state index is -0.123. The van der Waals surface area contributed by atoms with Gasteiger partial charge in [-0.1, -0.05) is 12.1 Å². The van der Waals surface area contributed by atoms with Gasteiger partial charge in [0.15, 0.2) is 17.3 Å². The van der Waals surface area contributed by atoms with E-state index in [0.717, 1.165) is 5.56 Å². The van der Waals surface area contributed by atoms with Crippen LogP contribution in [0.1, 0.15) is 15.9 Å². The third-order valence-electron chi connectivity index (χ3n) is 2.98. The molecular formula is C16H12O4. The fourth-order valence-corrected chi connectivity index (χ4v) is 1.91. The number of aromatic hydroxyl groups is 1. The zero-order valence-electron chi connectivity index (χ0n) is 10.6. The maximum Gasteiger partial charge on any atom is 0.231 e. The molecule has 0 saturated carbocycles. The fraction of sp³-hybridized carbons (Fsp3) is 0.0625. The van der Waals surface area contributed by atoms with Gasteiger partial charge in [-0.3, -0.25) is 4.79 Å². The van der Waals surface area contributed by atoms with Gasteiger partial charge in [-0.05, 0) is 48.0 Å². The highest BCUT2D eigenvalue weighted by atomic mass is 16.7. The van der Waals surface area contributed by atoms with E-state index >= 15 is 0 Å². The summed E-state index contributed by atoms with van der Waals surface area (Å²) in [7, 11) is 0. The predicted octanol–water partition coefficient (Wildman–Crippen LogP) is 3.02. The topological polar surface area (TPSA) is 55.8 Å². The number of ketones is 1. The highest BCUT2D eigenvalue weighted by Gasteiger charge is 2.12. The van der Waals surface area contributed by atoms with E-state index in [4.69, 9.17) is 9.47 Å². The first-order valence-corrected chi connectivity index (χ1v) is 6.13. The SMILES string of the molecule is O=C(/C=C/c1ccc2c(c1)OCO2)c1ccc(O)cc1. The molecule has 1 aliphatic rings. The first kappa shape index (κ1) is 12.3. The number of phenols is 1. The van der Waals surface area contributed by atoms with E-state index in [1.54, 1.807) is 18.2 Å². The molecule has 2 aromatic carbocycles. The zero-order valence-corrected chi connectivity index (χ0v) is 10.6. The Morgan fingerprint density at radius 2 is 1.80 bits per heavy atom. The van der Waals surface area contributed by atoms with Crippen molar-refractivity contribution in [3.05, 3.63) is 59.7 Å². The molecule has 0 atom stereocenters. The molecule has 1 heterocycles. The smallest absolute Gasteiger partial charge is 0.231 e. The summed E-state index contributed by atoms with van der Waals surface area (Å²) in [5.41, 5.74) is 1.39. The summed E-state index contributed by atoms with van der Waals surface area (Å²) in [5, 5.41) is 9.18. The molecule has 0 saturated heterocycles. The number of carbonyl (C=O) groups is 1. The van der Waals surface area contributed by atoms with Crippen LogP contribution in [0.5, 0.6) is 17.2 Å². The average molecular weight is 268 g/mol. The van der Waals surface area contributed by atoms with Gasteiger partial charge >= 0.3 is 0 Å². The molecule has 4 heteroatoms. The van der Waals surface area contributed by atoms with Crippen molar-refractivity contribution in [3.63, 3.8) is 0 Å². The molecule has 0 radical (unpaired) electrons. The van der Waals surface area contributed by atoms with Crippen molar-refractivity contribution in [1.29, 1.82) is 0 Å². The largest absolute Gasteiger partial charge is 0.508 e. The van der Waals surface area contributed by atoms with E-state index in [0.29, 0.717) is 17.1 Å². The fourth-order valence-electron chi connectivity index (χ4n) is 1.91. The second kappa shape index (κ2) is 5.09. The first-order valence-electron chi connectivity index (χ1n) is 6.13. The maximum atomic E-state index is 11.9. The molecule has 0 bridgehead atoms. The Hall–Kier alpha value is -2.75. The van der Waals surface area contributed by atoms with Crippen molar-refractivity contribution in [2.75, 3.05) is 6.79 Å². The number of allylic oxidation sites excluding steroid dienone is 1. The van der Waals surface area contributed by atoms with Gasteiger partial charge in [0, 0.05) is 5.56 Å². The average Bonchev–Trinajstić information content (AvgIpc) is 2.93. The summed E-state index contributed by atoms with van der Waals surface area (Å²) in [5.74, 6) is 1.42. The molecule has 0 aliphatic carbocycles. The van der Waals surface area contributed by atoms with Crippen molar-refractivity contribution >= 4 is 11.9 Å². The first-order chi connectivity index (χ1) is 9.72. The monoisotopic (exact) mass is 268 g/mol. The molecule has 0 fully saturated rings. The van der Waals surface area contributed by atoms with Crippen LogP contribution in [0.3, 0.4) is 0 Å². The van der Waals surface area contributed by atoms with Gasteiger partial charge in [0.05, 0.1) is 0 Å². The Bertz CT molecular complexity index is 671. The molecule has 0 unspecified atom stereocenters. The number of carbonyl (C=O) groups excluding carboxylic acids is 1. The lowest BCUT2D eigenvalue weighted by molar-refractivity contribution is 0.104. The summed E-state index contributed by atoms with van der Waals surface area (Å²) in [6.07, 6.45) is 3.21. The number of hydrogen-bond acceptors (Lipinski definition) is 4. The van der Waals surface area contributed by atoms with Crippen molar-refractivity contribution in [2.45, 2.75) is 0 Å². The standard InChI is InChI=1S/C16H12O4/c17-13-5-3-12(4-6-13)14(18)7-1-11-2-8-15-16(9-11)20-10-19-15/h1-9,17H,10H2/b7-1+. The van der Waals surface area contributed by atoms with Gasteiger partial charge in [-0.15, -0.1) is 0 Å². The second-order valence-corrected chi connectivity index (χ2v) is 4.36. The normalized spacial score (nSPS) is 12.8. The van der Waals surface area contributed by atoms with Crippen LogP contribution >= 0.6 is 0 Å². The van der Waals surface area contributed by atoms with Crippen LogP contribution in [-0.4, -0.2) is 17.7 Å². The lowest BCUT2D eigenvalue weighted by Gasteiger charge is -1.98. The van der Waals surface area contributed by atoms with Crippen molar-refractivity contribution in [1.82, 2.24) is 0 Å². The molecular weight excluding hydrogens is 256 g/mol. The Morgan fingerprint density at radius 3 is 2.60 bits per heavy atom. The minimum absolute atomic E-state index is 0.123. The number of hydrogen-bond donors (Lipinski definition) is 1. The Labute approximate surface area is 115 Å². The lowest BCUT2D eigenvalue weighted by Crippen LogP contribution is -1.93. The summed E-state index contributed by atoms with van der Waals surface area (Å²) >= 11 is 0. The zero-order chi connectivity index (χ0) is 13.9. The van der Waals surface area contributed by atoms with Gasteiger partial charge in [0.1, 0.15) is 5.75 Å². The van der Waals surface area contributed by atoms with E-state index in [1.165, 1.54) is 18.2 Å². The van der Waals surface area contributed by atoms with E-state index in [9.17, 15) is 9.90 Å². The summed E-state index contributed by atoms with van der Waals surface area (Å²) in [6, 6.07) is 11.6. The van der Waals surface area contributed by atoms with Crippen LogP contribution < -0.4 is 9.47 Å². The van der Waals surface area contributed by atoms with Crippen molar-refractivity contribution in [3.8, 4) is 17.2 Å². The lowest BCUT2D eigenvalue weighted by atomic mass is 10.1. The Balaban J connectivity index is 1.76. The van der Waals surface area contributed by atoms with Crippen LogP contribution in [0.25, 0.3) is 6.08 Å². The molecule has 2 aromatic rings. The van der Waals surface area contributed by atoms with E-state index in [2.05, 4.69) is 0 Å². The molecule has 0 amide bonds. The number of benzene rings is 2. The summed E-state index contributed by atoms with van der Waals surface area (Å²) in [4.78, 5) is 11.9. The van der Waals surface area contributed by atoms with Gasteiger partial charge in [-0.2, -0.15) is 0 Å². The van der Waals surface area contributed by atoms with Crippen LogP contribution in [0.15, 0.2) is 48.5 Å². The number of ether oxygens (including phenoxy) is 2. The molecule has 0 spiro atoms. The van der Waals surface area contributed by atoms with Gasteiger partial charge in [0.25, 0.3) is 0 Å². The molecule has 100 valence electrons. The highest BCUT2D eigenvalue weighted by Crippen LogP contribution is 2.32. The second-order valence-electron chi connectivity index (χ2n) is 4.36. The van der Waals surface area contributed by atoms with E-state index in [-0.39, 0.29) is 18.3 Å². The molecule has 4 nitrogen and oxygen atoms in total. The van der Waals surface area contributed by atoms with Crippen LogP contribution in [-0.2, 0) is 0 Å². The highest BCUT2D eigenvalue weighted by molar-refractivity contribution is 6.06. The maximum absolute atomic E-state index is 11.9. The third kappa shape index (κ3) is 2.49. The Kier molecular flexibility index (Phi) is 3.13. The minimum Gasteiger partial charge on any atom is -0.508 e. The summed E-state index contributed by atoms with van der Waals surface area (Å²) < 4.78 is 10.5. The van der Waals surface area contributed by atoms with Crippen LogP contribution in [0, 0.1) is 0 Å². The van der Waals surface area contributed by atoms with Crippen LogP contribution in [0.2, 0.25) is 0 Å². The van der Waals surface area contributed by atoms with E-state index < -0.39 is 0 Å². The molecule has 1 N–H and O–H groups in total. The van der Waals surface area contributed by atoms with E-state index in [1.807, 2.05) is 18.2 Å². The molecule has 1 aliphatic heterocycles.